The molecule has 0 unspecified atom stereocenters. The summed E-state index contributed by atoms with van der Waals surface area (Å²) in [5, 5.41) is 3.64. The monoisotopic (exact) mass is 716 g/mol. The standard InChI is InChI=1S/C52H36N4/c1-3-12-35(13-4-1)36-22-24-37(25-23-36)38-14-11-15-41(32-38)47-30-31-53-52(54-47)56-49-21-10-7-18-43(49)45-28-26-40(34-51(45)56)39-27-29-50-46(33-39)44-19-8-9-20-48(44)55(50)42-16-5-2-6-17-42/h1-8,10-19,21-34H,9,20H2. The molecule has 0 radical (unpaired) electrons. The lowest BCUT2D eigenvalue weighted by atomic mass is 9.98. The topological polar surface area (TPSA) is 35.6 Å². The van der Waals surface area contributed by atoms with E-state index in [1.807, 2.05) is 12.3 Å². The molecule has 3 heterocycles. The summed E-state index contributed by atoms with van der Waals surface area (Å²) in [5.74, 6) is 0.651. The number of hydrogen-bond acceptors (Lipinski definition) is 2. The lowest BCUT2D eigenvalue weighted by molar-refractivity contribution is 0.888. The van der Waals surface area contributed by atoms with E-state index in [1.54, 1.807) is 0 Å². The number of para-hydroxylation sites is 2. The quantitative estimate of drug-likeness (QED) is 0.172. The number of nitrogens with zero attached hydrogens (tertiary/aromatic N) is 4. The van der Waals surface area contributed by atoms with Crippen molar-refractivity contribution in [2.75, 3.05) is 0 Å². The lowest BCUT2D eigenvalue weighted by Gasteiger charge is -2.13. The average Bonchev–Trinajstić information content (AvgIpc) is 3.79. The molecule has 0 bridgehead atoms. The molecule has 10 aromatic rings. The summed E-state index contributed by atoms with van der Waals surface area (Å²) in [5.41, 5.74) is 16.3. The van der Waals surface area contributed by atoms with Crippen molar-refractivity contribution in [3.8, 4) is 56.3 Å². The van der Waals surface area contributed by atoms with E-state index in [9.17, 15) is 0 Å². The summed E-state index contributed by atoms with van der Waals surface area (Å²) in [7, 11) is 0. The number of aromatic nitrogens is 4. The van der Waals surface area contributed by atoms with Gasteiger partial charge in [-0.3, -0.25) is 4.57 Å². The van der Waals surface area contributed by atoms with Gasteiger partial charge in [-0.15, -0.1) is 0 Å². The summed E-state index contributed by atoms with van der Waals surface area (Å²) in [6.07, 6.45) is 8.59. The van der Waals surface area contributed by atoms with Gasteiger partial charge in [0.2, 0.25) is 5.95 Å². The fraction of sp³-hybridized carbons (Fsp3) is 0.0385. The van der Waals surface area contributed by atoms with Gasteiger partial charge >= 0.3 is 0 Å². The van der Waals surface area contributed by atoms with Gasteiger partial charge in [0.05, 0.1) is 22.2 Å². The van der Waals surface area contributed by atoms with Crippen molar-refractivity contribution in [3.05, 3.63) is 199 Å². The maximum Gasteiger partial charge on any atom is 0.235 e. The second kappa shape index (κ2) is 13.2. The van der Waals surface area contributed by atoms with Crippen molar-refractivity contribution in [1.29, 1.82) is 0 Å². The Morgan fingerprint density at radius 1 is 0.429 bits per heavy atom. The molecule has 0 N–H and O–H groups in total. The third kappa shape index (κ3) is 5.38. The molecular formula is C52H36N4. The van der Waals surface area contributed by atoms with E-state index >= 15 is 0 Å². The highest BCUT2D eigenvalue weighted by atomic mass is 15.2. The highest BCUT2D eigenvalue weighted by molar-refractivity contribution is 6.10. The largest absolute Gasteiger partial charge is 0.313 e. The van der Waals surface area contributed by atoms with Crippen LogP contribution in [0.1, 0.15) is 17.7 Å². The van der Waals surface area contributed by atoms with E-state index in [0.717, 1.165) is 46.3 Å². The van der Waals surface area contributed by atoms with Crippen molar-refractivity contribution in [2.24, 2.45) is 0 Å². The number of hydrogen-bond donors (Lipinski definition) is 0. The summed E-state index contributed by atoms with van der Waals surface area (Å²) < 4.78 is 4.67. The summed E-state index contributed by atoms with van der Waals surface area (Å²) in [4.78, 5) is 10.1. The number of benzene rings is 7. The molecule has 0 saturated heterocycles. The number of allylic oxidation sites excluding steroid dienone is 1. The number of rotatable bonds is 6. The minimum Gasteiger partial charge on any atom is -0.313 e. The second-order valence-corrected chi connectivity index (χ2v) is 14.6. The Bertz CT molecular complexity index is 3110. The van der Waals surface area contributed by atoms with Gasteiger partial charge < -0.3 is 4.57 Å². The first-order valence-corrected chi connectivity index (χ1v) is 19.3. The molecule has 3 aromatic heterocycles. The van der Waals surface area contributed by atoms with Crippen LogP contribution in [-0.4, -0.2) is 19.1 Å². The van der Waals surface area contributed by atoms with Crippen LogP contribution in [0.3, 0.4) is 0 Å². The molecule has 1 aliphatic carbocycles. The molecule has 1 aliphatic rings. The Balaban J connectivity index is 1.00. The Morgan fingerprint density at radius 3 is 1.91 bits per heavy atom. The molecule has 0 aliphatic heterocycles. The summed E-state index contributed by atoms with van der Waals surface area (Å²) in [6.45, 7) is 0. The predicted octanol–water partition coefficient (Wildman–Crippen LogP) is 13.1. The molecule has 264 valence electrons. The van der Waals surface area contributed by atoms with E-state index in [1.165, 1.54) is 60.9 Å². The van der Waals surface area contributed by atoms with Crippen LogP contribution in [0, 0.1) is 0 Å². The van der Waals surface area contributed by atoms with Crippen LogP contribution in [0.15, 0.2) is 188 Å². The molecular weight excluding hydrogens is 681 g/mol. The van der Waals surface area contributed by atoms with Crippen LogP contribution in [0.5, 0.6) is 0 Å². The molecule has 0 amide bonds. The lowest BCUT2D eigenvalue weighted by Crippen LogP contribution is -2.02. The first-order chi connectivity index (χ1) is 27.8. The van der Waals surface area contributed by atoms with E-state index in [2.05, 4.69) is 191 Å². The third-order valence-corrected chi connectivity index (χ3v) is 11.3. The minimum absolute atomic E-state index is 0.651. The molecule has 0 saturated carbocycles. The van der Waals surface area contributed by atoms with E-state index in [-0.39, 0.29) is 0 Å². The maximum absolute atomic E-state index is 5.24. The highest BCUT2D eigenvalue weighted by Gasteiger charge is 2.20. The summed E-state index contributed by atoms with van der Waals surface area (Å²) >= 11 is 0. The third-order valence-electron chi connectivity index (χ3n) is 11.3. The Morgan fingerprint density at radius 2 is 1.05 bits per heavy atom. The Kier molecular flexibility index (Phi) is 7.59. The van der Waals surface area contributed by atoms with Gasteiger partial charge in [0.1, 0.15) is 0 Å². The van der Waals surface area contributed by atoms with Crippen molar-refractivity contribution in [2.45, 2.75) is 12.8 Å². The van der Waals surface area contributed by atoms with Crippen molar-refractivity contribution in [3.63, 3.8) is 0 Å². The molecule has 0 atom stereocenters. The SMILES string of the molecule is C1=Cc2c(n(-c3ccccc3)c3ccc(-c4ccc5c6ccccc6n(-c6nccc(-c7cccc(-c8ccc(-c9ccccc9)cc8)c7)n6)c5c4)cc23)CC1. The van der Waals surface area contributed by atoms with Gasteiger partial charge in [0.15, 0.2) is 0 Å². The van der Waals surface area contributed by atoms with Gasteiger partial charge in [0, 0.05) is 44.9 Å². The molecule has 56 heavy (non-hydrogen) atoms. The first kappa shape index (κ1) is 32.2. The van der Waals surface area contributed by atoms with Gasteiger partial charge in [-0.2, -0.15) is 0 Å². The van der Waals surface area contributed by atoms with E-state index in [4.69, 9.17) is 9.97 Å². The van der Waals surface area contributed by atoms with Crippen LogP contribution < -0.4 is 0 Å². The van der Waals surface area contributed by atoms with Crippen LogP contribution in [0.2, 0.25) is 0 Å². The maximum atomic E-state index is 5.24. The predicted molar refractivity (Wildman–Crippen MR) is 232 cm³/mol. The van der Waals surface area contributed by atoms with E-state index in [0.29, 0.717) is 5.95 Å². The van der Waals surface area contributed by atoms with Crippen LogP contribution in [0.25, 0.3) is 95.1 Å². The smallest absolute Gasteiger partial charge is 0.235 e. The zero-order valence-corrected chi connectivity index (χ0v) is 30.7. The molecule has 4 heteroatoms. The van der Waals surface area contributed by atoms with E-state index < -0.39 is 0 Å². The molecule has 11 rings (SSSR count). The van der Waals surface area contributed by atoms with Gasteiger partial charge in [-0.25, -0.2) is 9.97 Å². The molecule has 0 spiro atoms. The molecule has 0 fully saturated rings. The highest BCUT2D eigenvalue weighted by Crippen LogP contribution is 2.39. The van der Waals surface area contributed by atoms with Crippen molar-refractivity contribution >= 4 is 38.8 Å². The minimum atomic E-state index is 0.651. The Hall–Kier alpha value is -7.30. The average molecular weight is 717 g/mol. The van der Waals surface area contributed by atoms with Crippen LogP contribution >= 0.6 is 0 Å². The second-order valence-electron chi connectivity index (χ2n) is 14.6. The van der Waals surface area contributed by atoms with Gasteiger partial charge in [0.25, 0.3) is 0 Å². The van der Waals surface area contributed by atoms with Crippen molar-refractivity contribution < 1.29 is 0 Å². The summed E-state index contributed by atoms with van der Waals surface area (Å²) in [6, 6.07) is 63.0. The number of fused-ring (bicyclic) bond motifs is 6. The van der Waals surface area contributed by atoms with Crippen LogP contribution in [-0.2, 0) is 6.42 Å². The fourth-order valence-electron chi connectivity index (χ4n) is 8.60. The van der Waals surface area contributed by atoms with Crippen molar-refractivity contribution in [1.82, 2.24) is 19.1 Å². The Labute approximate surface area is 325 Å². The molecule has 4 nitrogen and oxygen atoms in total. The molecule has 7 aromatic carbocycles. The zero-order chi connectivity index (χ0) is 37.0. The van der Waals surface area contributed by atoms with Crippen LogP contribution in [0.4, 0.5) is 0 Å². The first-order valence-electron chi connectivity index (χ1n) is 19.3. The van der Waals surface area contributed by atoms with Gasteiger partial charge in [-0.05, 0) is 94.8 Å². The van der Waals surface area contributed by atoms with Gasteiger partial charge in [-0.1, -0.05) is 140 Å². The fourth-order valence-corrected chi connectivity index (χ4v) is 8.60. The zero-order valence-electron chi connectivity index (χ0n) is 30.7. The normalized spacial score (nSPS) is 12.4.